The van der Waals surface area contributed by atoms with Crippen LogP contribution in [0.4, 0.5) is 0 Å². The van der Waals surface area contributed by atoms with Gasteiger partial charge in [-0.1, -0.05) is 59.5 Å². The minimum Gasteiger partial charge on any atom is -0.0836 e. The molecule has 0 radical (unpaired) electrons. The summed E-state index contributed by atoms with van der Waals surface area (Å²) in [7, 11) is 0. The Hall–Kier alpha value is -0.300. The van der Waals surface area contributed by atoms with E-state index in [9.17, 15) is 0 Å². The summed E-state index contributed by atoms with van der Waals surface area (Å²) >= 11 is 3.93. The third kappa shape index (κ3) is 2.34. The molecule has 0 saturated heterocycles. The van der Waals surface area contributed by atoms with Crippen molar-refractivity contribution in [2.24, 2.45) is 11.8 Å². The third-order valence-electron chi connectivity index (χ3n) is 4.03. The molecule has 1 saturated carbocycles. The molecule has 0 amide bonds. The second kappa shape index (κ2) is 4.91. The van der Waals surface area contributed by atoms with Crippen LogP contribution in [-0.4, -0.2) is 0 Å². The molecule has 0 nitrogen and oxygen atoms in total. The highest BCUT2D eigenvalue weighted by molar-refractivity contribution is 9.09. The van der Waals surface area contributed by atoms with Crippen LogP contribution in [0, 0.1) is 25.7 Å². The number of benzene rings is 1. The van der Waals surface area contributed by atoms with Crippen LogP contribution < -0.4 is 0 Å². The first-order valence-corrected chi connectivity index (χ1v) is 7.22. The number of rotatable bonds is 2. The summed E-state index contributed by atoms with van der Waals surface area (Å²) in [6.45, 7) is 6.80. The highest BCUT2D eigenvalue weighted by Crippen LogP contribution is 2.45. The zero-order valence-corrected chi connectivity index (χ0v) is 12.0. The van der Waals surface area contributed by atoms with E-state index < -0.39 is 0 Å². The lowest BCUT2D eigenvalue weighted by atomic mass is 9.89. The number of aryl methyl sites for hydroxylation is 2. The standard InChI is InChI=1S/C15H21Br/c1-10-7-8-14(12(3)9-10)15(16)13-6-4-5-11(13)2/h7-9,11,13,15H,4-6H2,1-3H3. The molecule has 0 aliphatic heterocycles. The number of halogens is 1. The molecule has 0 bridgehead atoms. The van der Waals surface area contributed by atoms with Crippen molar-refractivity contribution in [2.75, 3.05) is 0 Å². The minimum absolute atomic E-state index is 0.547. The second-order valence-corrected chi connectivity index (χ2v) is 6.32. The van der Waals surface area contributed by atoms with E-state index in [0.29, 0.717) is 4.83 Å². The van der Waals surface area contributed by atoms with Gasteiger partial charge in [-0.2, -0.15) is 0 Å². The fourth-order valence-corrected chi connectivity index (χ4v) is 4.27. The van der Waals surface area contributed by atoms with Gasteiger partial charge in [-0.3, -0.25) is 0 Å². The molecule has 1 fully saturated rings. The zero-order valence-electron chi connectivity index (χ0n) is 10.5. The van der Waals surface area contributed by atoms with Gasteiger partial charge in [0.15, 0.2) is 0 Å². The van der Waals surface area contributed by atoms with Gasteiger partial charge in [-0.25, -0.2) is 0 Å². The van der Waals surface area contributed by atoms with Crippen LogP contribution in [0.3, 0.4) is 0 Å². The molecule has 1 aromatic carbocycles. The summed E-state index contributed by atoms with van der Waals surface area (Å²) in [5, 5.41) is 0. The average Bonchev–Trinajstić information content (AvgIpc) is 2.63. The van der Waals surface area contributed by atoms with Gasteiger partial charge >= 0.3 is 0 Å². The highest BCUT2D eigenvalue weighted by Gasteiger charge is 2.30. The van der Waals surface area contributed by atoms with Gasteiger partial charge in [0.25, 0.3) is 0 Å². The number of hydrogen-bond donors (Lipinski definition) is 0. The van der Waals surface area contributed by atoms with Gasteiger partial charge in [0, 0.05) is 4.83 Å². The Morgan fingerprint density at radius 3 is 2.56 bits per heavy atom. The monoisotopic (exact) mass is 280 g/mol. The lowest BCUT2D eigenvalue weighted by molar-refractivity contribution is 0.413. The third-order valence-corrected chi connectivity index (χ3v) is 5.20. The van der Waals surface area contributed by atoms with Gasteiger partial charge in [0.2, 0.25) is 0 Å². The summed E-state index contributed by atoms with van der Waals surface area (Å²) in [4.78, 5) is 0.547. The molecule has 1 heteroatoms. The van der Waals surface area contributed by atoms with Crippen molar-refractivity contribution in [3.8, 4) is 0 Å². The van der Waals surface area contributed by atoms with Crippen LogP contribution in [0.5, 0.6) is 0 Å². The van der Waals surface area contributed by atoms with Crippen LogP contribution in [0.2, 0.25) is 0 Å². The molecule has 0 N–H and O–H groups in total. The Morgan fingerprint density at radius 2 is 2.00 bits per heavy atom. The lowest BCUT2D eigenvalue weighted by Gasteiger charge is -2.23. The molecule has 1 aliphatic carbocycles. The molecule has 2 rings (SSSR count). The van der Waals surface area contributed by atoms with Crippen LogP contribution >= 0.6 is 15.9 Å². The fourth-order valence-electron chi connectivity index (χ4n) is 2.97. The summed E-state index contributed by atoms with van der Waals surface area (Å²) in [6.07, 6.45) is 4.18. The van der Waals surface area contributed by atoms with Crippen LogP contribution in [-0.2, 0) is 0 Å². The van der Waals surface area contributed by atoms with Crippen LogP contribution in [0.15, 0.2) is 18.2 Å². The molecule has 1 aromatic rings. The number of hydrogen-bond acceptors (Lipinski definition) is 0. The Balaban J connectivity index is 2.23. The Labute approximate surface area is 108 Å². The Kier molecular flexibility index (Phi) is 3.73. The first-order valence-electron chi connectivity index (χ1n) is 6.31. The molecule has 0 spiro atoms. The predicted molar refractivity (Wildman–Crippen MR) is 74.1 cm³/mol. The first-order chi connectivity index (χ1) is 7.59. The predicted octanol–water partition coefficient (Wildman–Crippen LogP) is 5.18. The quantitative estimate of drug-likeness (QED) is 0.655. The second-order valence-electron chi connectivity index (χ2n) is 5.33. The van der Waals surface area contributed by atoms with E-state index in [4.69, 9.17) is 0 Å². The SMILES string of the molecule is Cc1ccc(C(Br)C2CCCC2C)c(C)c1. The first kappa shape index (κ1) is 12.2. The van der Waals surface area contributed by atoms with Gasteiger partial charge in [0.05, 0.1) is 0 Å². The van der Waals surface area contributed by atoms with Gasteiger partial charge in [0.1, 0.15) is 0 Å². The smallest absolute Gasteiger partial charge is 0.0428 e. The van der Waals surface area contributed by atoms with Crippen molar-refractivity contribution in [3.63, 3.8) is 0 Å². The van der Waals surface area contributed by atoms with E-state index in [-0.39, 0.29) is 0 Å². The average molecular weight is 281 g/mol. The van der Waals surface area contributed by atoms with Crippen molar-refractivity contribution in [1.29, 1.82) is 0 Å². The molecule has 0 heterocycles. The van der Waals surface area contributed by atoms with Crippen LogP contribution in [0.1, 0.15) is 47.7 Å². The summed E-state index contributed by atoms with van der Waals surface area (Å²) in [5.41, 5.74) is 4.28. The van der Waals surface area contributed by atoms with Gasteiger partial charge in [-0.15, -0.1) is 0 Å². The molecule has 88 valence electrons. The van der Waals surface area contributed by atoms with Crippen molar-refractivity contribution in [3.05, 3.63) is 34.9 Å². The highest BCUT2D eigenvalue weighted by atomic mass is 79.9. The normalized spacial score (nSPS) is 27.0. The van der Waals surface area contributed by atoms with Crippen molar-refractivity contribution >= 4 is 15.9 Å². The summed E-state index contributed by atoms with van der Waals surface area (Å²) < 4.78 is 0. The number of alkyl halides is 1. The topological polar surface area (TPSA) is 0 Å². The largest absolute Gasteiger partial charge is 0.0836 e. The molecular formula is C15H21Br. The Bertz CT molecular complexity index is 370. The van der Waals surface area contributed by atoms with Gasteiger partial charge < -0.3 is 0 Å². The fraction of sp³-hybridized carbons (Fsp3) is 0.600. The Morgan fingerprint density at radius 1 is 1.25 bits per heavy atom. The van der Waals surface area contributed by atoms with E-state index >= 15 is 0 Å². The zero-order chi connectivity index (χ0) is 11.7. The van der Waals surface area contributed by atoms with Crippen molar-refractivity contribution in [2.45, 2.75) is 44.9 Å². The molecule has 0 aromatic heterocycles. The van der Waals surface area contributed by atoms with E-state index in [2.05, 4.69) is 54.9 Å². The minimum atomic E-state index is 0.547. The summed E-state index contributed by atoms with van der Waals surface area (Å²) in [6, 6.07) is 6.83. The molecule has 1 aliphatic rings. The maximum Gasteiger partial charge on any atom is 0.0428 e. The van der Waals surface area contributed by atoms with Crippen molar-refractivity contribution < 1.29 is 0 Å². The van der Waals surface area contributed by atoms with E-state index in [1.54, 1.807) is 0 Å². The van der Waals surface area contributed by atoms with Crippen LogP contribution in [0.25, 0.3) is 0 Å². The van der Waals surface area contributed by atoms with E-state index in [1.165, 1.54) is 36.0 Å². The molecule has 3 atom stereocenters. The maximum absolute atomic E-state index is 3.93. The lowest BCUT2D eigenvalue weighted by Crippen LogP contribution is -2.11. The maximum atomic E-state index is 3.93. The summed E-state index contributed by atoms with van der Waals surface area (Å²) in [5.74, 6) is 1.69. The molecular weight excluding hydrogens is 260 g/mol. The molecule has 16 heavy (non-hydrogen) atoms. The van der Waals surface area contributed by atoms with Crippen molar-refractivity contribution in [1.82, 2.24) is 0 Å². The molecule has 3 unspecified atom stereocenters. The van der Waals surface area contributed by atoms with E-state index in [1.807, 2.05) is 0 Å². The van der Waals surface area contributed by atoms with Gasteiger partial charge in [-0.05, 0) is 43.2 Å². The van der Waals surface area contributed by atoms with E-state index in [0.717, 1.165) is 11.8 Å².